The normalized spacial score (nSPS) is 12.0. The fourth-order valence-electron chi connectivity index (χ4n) is 2.63. The molecule has 2 rings (SSSR count). The zero-order valence-electron chi connectivity index (χ0n) is 15.2. The first kappa shape index (κ1) is 19.4. The van der Waals surface area contributed by atoms with Crippen molar-refractivity contribution in [3.8, 4) is 0 Å². The van der Waals surface area contributed by atoms with Crippen molar-refractivity contribution in [2.75, 3.05) is 0 Å². The van der Waals surface area contributed by atoms with Crippen LogP contribution >= 0.6 is 0 Å². The maximum Gasteiger partial charge on any atom is 0.338 e. The van der Waals surface area contributed by atoms with Gasteiger partial charge in [-0.05, 0) is 32.4 Å². The summed E-state index contributed by atoms with van der Waals surface area (Å²) >= 11 is 0. The second kappa shape index (κ2) is 8.46. The summed E-state index contributed by atoms with van der Waals surface area (Å²) in [7, 11) is 0. The monoisotopic (exact) mass is 361 g/mol. The number of hydrogen-bond acceptors (Lipinski definition) is 5. The largest absolute Gasteiger partial charge is 0.457 e. The number of rotatable bonds is 7. The van der Waals surface area contributed by atoms with Crippen LogP contribution in [0.25, 0.3) is 0 Å². The van der Waals surface area contributed by atoms with Gasteiger partial charge in [0.25, 0.3) is 0 Å². The number of hydrogen-bond donors (Lipinski definition) is 0. The molecule has 0 aliphatic carbocycles. The molecule has 0 amide bonds. The second-order valence-corrected chi connectivity index (χ2v) is 5.75. The third-order valence-corrected chi connectivity index (χ3v) is 4.14. The summed E-state index contributed by atoms with van der Waals surface area (Å²) in [6, 6.07) is 8.48. The van der Waals surface area contributed by atoms with Crippen LogP contribution in [-0.4, -0.2) is 25.8 Å². The van der Waals surface area contributed by atoms with Crippen LogP contribution in [0.4, 0.5) is 0 Å². The summed E-state index contributed by atoms with van der Waals surface area (Å²) in [5.74, 6) is -0.523. The van der Waals surface area contributed by atoms with Gasteiger partial charge in [-0.25, -0.2) is 32.9 Å². The third-order valence-electron chi connectivity index (χ3n) is 4.14. The molecule has 8 heteroatoms. The smallest absolute Gasteiger partial charge is 0.338 e. The molecule has 1 aromatic carbocycles. The Morgan fingerprint density at radius 2 is 1.38 bits per heavy atom. The van der Waals surface area contributed by atoms with E-state index < -0.39 is 29.1 Å². The van der Waals surface area contributed by atoms with Crippen LogP contribution in [0.2, 0.25) is 0 Å². The zero-order valence-corrected chi connectivity index (χ0v) is 15.2. The van der Waals surface area contributed by atoms with E-state index in [1.807, 2.05) is 0 Å². The molecule has 1 unspecified atom stereocenters. The van der Waals surface area contributed by atoms with Crippen molar-refractivity contribution in [3.05, 3.63) is 67.3 Å². The van der Waals surface area contributed by atoms with Gasteiger partial charge in [0.15, 0.2) is 0 Å². The maximum absolute atomic E-state index is 12.5. The van der Waals surface area contributed by atoms with Crippen LogP contribution in [0.3, 0.4) is 0 Å². The maximum atomic E-state index is 12.5. The number of nitrogens with zero attached hydrogens (tertiary/aromatic N) is 3. The van der Waals surface area contributed by atoms with Crippen LogP contribution in [0.5, 0.6) is 0 Å². The fraction of sp³-hybridized carbons (Fsp3) is 0.444. The second-order valence-electron chi connectivity index (χ2n) is 5.75. The van der Waals surface area contributed by atoms with Crippen LogP contribution < -0.4 is 17.1 Å². The average Bonchev–Trinajstić information content (AvgIpc) is 2.65. The summed E-state index contributed by atoms with van der Waals surface area (Å²) in [5.41, 5.74) is -1.62. The molecule has 0 saturated heterocycles. The van der Waals surface area contributed by atoms with Crippen LogP contribution in [0, 0.1) is 0 Å². The van der Waals surface area contributed by atoms with Gasteiger partial charge in [0.2, 0.25) is 0 Å². The number of ether oxygens (including phenoxy) is 1. The molecule has 140 valence electrons. The minimum atomic E-state index is -0.693. The van der Waals surface area contributed by atoms with E-state index in [0.29, 0.717) is 12.0 Å². The first-order valence-corrected chi connectivity index (χ1v) is 8.65. The number of esters is 1. The highest BCUT2D eigenvalue weighted by Gasteiger charge is 2.20. The lowest BCUT2D eigenvalue weighted by Gasteiger charge is -2.18. The Hall–Kier alpha value is -2.90. The summed E-state index contributed by atoms with van der Waals surface area (Å²) in [6.07, 6.45) is -0.247. The van der Waals surface area contributed by atoms with Crippen molar-refractivity contribution >= 4 is 5.97 Å². The standard InChI is InChI=1S/C18H23N3O5/c1-4-14(26-15(22)13-10-8-7-9-11-13)12-21-17(24)19(5-2)16(23)20(6-3)18(21)25/h7-11,14H,4-6,12H2,1-3H3. The van der Waals surface area contributed by atoms with E-state index in [-0.39, 0.29) is 19.6 Å². The van der Waals surface area contributed by atoms with Crippen molar-refractivity contribution in [3.63, 3.8) is 0 Å². The molecule has 0 radical (unpaired) electrons. The molecule has 1 atom stereocenters. The van der Waals surface area contributed by atoms with Gasteiger partial charge in [0, 0.05) is 13.1 Å². The van der Waals surface area contributed by atoms with E-state index >= 15 is 0 Å². The van der Waals surface area contributed by atoms with E-state index in [9.17, 15) is 19.2 Å². The average molecular weight is 361 g/mol. The zero-order chi connectivity index (χ0) is 19.3. The van der Waals surface area contributed by atoms with E-state index in [4.69, 9.17) is 4.74 Å². The van der Waals surface area contributed by atoms with Crippen LogP contribution in [0.1, 0.15) is 37.6 Å². The molecule has 2 aromatic rings. The minimum Gasteiger partial charge on any atom is -0.457 e. The first-order chi connectivity index (χ1) is 12.4. The molecule has 0 aliphatic heterocycles. The number of carbonyl (C=O) groups excluding carboxylic acids is 1. The predicted molar refractivity (Wildman–Crippen MR) is 96.5 cm³/mol. The highest BCUT2D eigenvalue weighted by molar-refractivity contribution is 5.89. The lowest BCUT2D eigenvalue weighted by molar-refractivity contribution is 0.0242. The van der Waals surface area contributed by atoms with E-state index in [1.54, 1.807) is 51.1 Å². The summed E-state index contributed by atoms with van der Waals surface area (Å²) in [4.78, 5) is 49.4. The number of aromatic nitrogens is 3. The molecular formula is C18H23N3O5. The predicted octanol–water partition coefficient (Wildman–Crippen LogP) is 0.847. The topological polar surface area (TPSA) is 92.3 Å². The number of benzene rings is 1. The Kier molecular flexibility index (Phi) is 6.32. The molecular weight excluding hydrogens is 338 g/mol. The fourth-order valence-corrected chi connectivity index (χ4v) is 2.63. The Labute approximate surface area is 150 Å². The summed E-state index contributed by atoms with van der Waals surface area (Å²) in [5, 5.41) is 0. The molecule has 0 N–H and O–H groups in total. The highest BCUT2D eigenvalue weighted by atomic mass is 16.5. The minimum absolute atomic E-state index is 0.104. The van der Waals surface area contributed by atoms with Crippen molar-refractivity contribution in [2.24, 2.45) is 0 Å². The molecule has 0 saturated carbocycles. The molecule has 0 spiro atoms. The third kappa shape index (κ3) is 3.84. The number of carbonyl (C=O) groups is 1. The van der Waals surface area contributed by atoms with Crippen LogP contribution in [0.15, 0.2) is 44.7 Å². The highest BCUT2D eigenvalue weighted by Crippen LogP contribution is 2.07. The van der Waals surface area contributed by atoms with E-state index in [2.05, 4.69) is 0 Å². The Morgan fingerprint density at radius 1 is 0.885 bits per heavy atom. The molecule has 1 aromatic heterocycles. The summed E-state index contributed by atoms with van der Waals surface area (Å²) < 4.78 is 8.40. The van der Waals surface area contributed by atoms with Gasteiger partial charge in [-0.1, -0.05) is 25.1 Å². The van der Waals surface area contributed by atoms with Gasteiger partial charge < -0.3 is 4.74 Å². The van der Waals surface area contributed by atoms with Gasteiger partial charge >= 0.3 is 23.0 Å². The van der Waals surface area contributed by atoms with Crippen LogP contribution in [-0.2, 0) is 24.4 Å². The van der Waals surface area contributed by atoms with Gasteiger partial charge in [-0.2, -0.15) is 0 Å². The summed E-state index contributed by atoms with van der Waals surface area (Å²) in [6.45, 7) is 5.31. The van der Waals surface area contributed by atoms with Crippen molar-refractivity contribution < 1.29 is 9.53 Å². The molecule has 0 aliphatic rings. The molecule has 8 nitrogen and oxygen atoms in total. The quantitative estimate of drug-likeness (QED) is 0.682. The Bertz CT molecular complexity index is 898. The van der Waals surface area contributed by atoms with Crippen molar-refractivity contribution in [1.29, 1.82) is 0 Å². The lowest BCUT2D eigenvalue weighted by Crippen LogP contribution is -2.55. The Balaban J connectivity index is 2.36. The van der Waals surface area contributed by atoms with E-state index in [1.165, 1.54) is 0 Å². The molecule has 0 bridgehead atoms. The van der Waals surface area contributed by atoms with Crippen molar-refractivity contribution in [1.82, 2.24) is 13.7 Å². The van der Waals surface area contributed by atoms with Gasteiger partial charge in [0.05, 0.1) is 12.1 Å². The van der Waals surface area contributed by atoms with Gasteiger partial charge in [-0.3, -0.25) is 0 Å². The van der Waals surface area contributed by atoms with E-state index in [0.717, 1.165) is 13.7 Å². The first-order valence-electron chi connectivity index (χ1n) is 8.65. The van der Waals surface area contributed by atoms with Gasteiger partial charge in [-0.15, -0.1) is 0 Å². The Morgan fingerprint density at radius 3 is 1.85 bits per heavy atom. The van der Waals surface area contributed by atoms with Gasteiger partial charge in [0.1, 0.15) is 6.10 Å². The molecule has 0 fully saturated rings. The van der Waals surface area contributed by atoms with Crippen molar-refractivity contribution in [2.45, 2.75) is 52.9 Å². The molecule has 1 heterocycles. The molecule has 26 heavy (non-hydrogen) atoms. The SMILES string of the molecule is CCC(Cn1c(=O)n(CC)c(=O)n(CC)c1=O)OC(=O)c1ccccc1. The lowest BCUT2D eigenvalue weighted by atomic mass is 10.2.